The van der Waals surface area contributed by atoms with Gasteiger partial charge in [-0.25, -0.2) is 4.79 Å². The van der Waals surface area contributed by atoms with Crippen molar-refractivity contribution in [3.63, 3.8) is 0 Å². The highest BCUT2D eigenvalue weighted by Gasteiger charge is 2.07. The third kappa shape index (κ3) is 11.8. The largest absolute Gasteiger partial charge is 0.461 e. The second kappa shape index (κ2) is 11.8. The maximum atomic E-state index is 11.8. The van der Waals surface area contributed by atoms with Crippen LogP contribution in [0.25, 0.3) is 0 Å². The highest BCUT2D eigenvalue weighted by atomic mass is 32.3. The molecule has 0 fully saturated rings. The van der Waals surface area contributed by atoms with Gasteiger partial charge in [-0.15, -0.1) is 0 Å². The van der Waals surface area contributed by atoms with Gasteiger partial charge < -0.3 is 15.0 Å². The van der Waals surface area contributed by atoms with Crippen molar-refractivity contribution in [3.05, 3.63) is 29.8 Å². The Kier molecular flexibility index (Phi) is 11.0. The molecule has 1 rings (SSSR count). The van der Waals surface area contributed by atoms with Gasteiger partial charge in [0, 0.05) is 18.8 Å². The average Bonchev–Trinajstić information content (AvgIpc) is 2.51. The van der Waals surface area contributed by atoms with E-state index in [1.807, 2.05) is 19.1 Å². The summed E-state index contributed by atoms with van der Waals surface area (Å²) in [6, 6.07) is 7.37. The van der Waals surface area contributed by atoms with Gasteiger partial charge in [0.2, 0.25) is 0 Å². The van der Waals surface area contributed by atoms with Crippen molar-refractivity contribution in [2.75, 3.05) is 38.1 Å². The monoisotopic (exact) mass is 362 g/mol. The molecule has 1 aromatic carbocycles. The number of nitrogens with zero attached hydrogens (tertiary/aromatic N) is 1. The molecule has 0 aliphatic rings. The SMILES string of the molecule is CCNc1ccc(C(=O)OCCN(CC)CC)cc1.O=S(=O)(O)O. The van der Waals surface area contributed by atoms with E-state index in [0.717, 1.165) is 31.9 Å². The minimum absolute atomic E-state index is 0.254. The molecule has 0 unspecified atom stereocenters. The molecule has 0 aliphatic heterocycles. The van der Waals surface area contributed by atoms with Crippen LogP contribution in [-0.2, 0) is 15.1 Å². The lowest BCUT2D eigenvalue weighted by Gasteiger charge is -2.17. The lowest BCUT2D eigenvalue weighted by molar-refractivity contribution is 0.0466. The quantitative estimate of drug-likeness (QED) is 0.475. The van der Waals surface area contributed by atoms with Crippen LogP contribution in [0.3, 0.4) is 0 Å². The minimum atomic E-state index is -4.67. The number of esters is 1. The van der Waals surface area contributed by atoms with Crippen LogP contribution < -0.4 is 5.32 Å². The number of ether oxygens (including phenoxy) is 1. The van der Waals surface area contributed by atoms with Crippen LogP contribution in [0.5, 0.6) is 0 Å². The number of hydrogen-bond donors (Lipinski definition) is 3. The van der Waals surface area contributed by atoms with Gasteiger partial charge in [0.05, 0.1) is 5.56 Å². The van der Waals surface area contributed by atoms with Crippen molar-refractivity contribution in [2.24, 2.45) is 0 Å². The minimum Gasteiger partial charge on any atom is -0.461 e. The van der Waals surface area contributed by atoms with E-state index < -0.39 is 10.4 Å². The fraction of sp³-hybridized carbons (Fsp3) is 0.533. The summed E-state index contributed by atoms with van der Waals surface area (Å²) in [6.07, 6.45) is 0. The van der Waals surface area contributed by atoms with Crippen LogP contribution in [0.4, 0.5) is 5.69 Å². The molecule has 0 aromatic heterocycles. The molecule has 138 valence electrons. The Balaban J connectivity index is 0.000000922. The Morgan fingerprint density at radius 2 is 1.62 bits per heavy atom. The average molecular weight is 362 g/mol. The first-order valence-electron chi connectivity index (χ1n) is 7.64. The van der Waals surface area contributed by atoms with Crippen molar-refractivity contribution < 1.29 is 27.1 Å². The zero-order chi connectivity index (χ0) is 18.6. The predicted octanol–water partition coefficient (Wildman–Crippen LogP) is 1.96. The molecule has 0 atom stereocenters. The van der Waals surface area contributed by atoms with Gasteiger partial charge in [-0.2, -0.15) is 8.42 Å². The number of benzene rings is 1. The number of hydrogen-bond acceptors (Lipinski definition) is 6. The van der Waals surface area contributed by atoms with Crippen molar-refractivity contribution in [2.45, 2.75) is 20.8 Å². The van der Waals surface area contributed by atoms with E-state index in [4.69, 9.17) is 22.3 Å². The lowest BCUT2D eigenvalue weighted by atomic mass is 10.2. The first-order chi connectivity index (χ1) is 11.2. The summed E-state index contributed by atoms with van der Waals surface area (Å²) in [5.74, 6) is -0.254. The van der Waals surface area contributed by atoms with Crippen molar-refractivity contribution >= 4 is 22.1 Å². The zero-order valence-corrected chi connectivity index (χ0v) is 15.0. The smallest absolute Gasteiger partial charge is 0.394 e. The summed E-state index contributed by atoms with van der Waals surface area (Å²) >= 11 is 0. The van der Waals surface area contributed by atoms with Crippen molar-refractivity contribution in [1.29, 1.82) is 0 Å². The summed E-state index contributed by atoms with van der Waals surface area (Å²) in [6.45, 7) is 10.3. The number of carbonyl (C=O) groups excluding carboxylic acids is 1. The van der Waals surface area contributed by atoms with Gasteiger partial charge in [0.1, 0.15) is 6.61 Å². The van der Waals surface area contributed by atoms with E-state index in [2.05, 4.69) is 24.1 Å². The van der Waals surface area contributed by atoms with Gasteiger partial charge in [-0.05, 0) is 44.3 Å². The molecule has 24 heavy (non-hydrogen) atoms. The number of carbonyl (C=O) groups is 1. The summed E-state index contributed by atoms with van der Waals surface area (Å²) in [7, 11) is -4.67. The normalized spacial score (nSPS) is 10.8. The number of rotatable bonds is 8. The predicted molar refractivity (Wildman–Crippen MR) is 92.9 cm³/mol. The summed E-state index contributed by atoms with van der Waals surface area (Å²) in [5.41, 5.74) is 1.61. The molecule has 0 bridgehead atoms. The van der Waals surface area contributed by atoms with Crippen LogP contribution in [0.1, 0.15) is 31.1 Å². The van der Waals surface area contributed by atoms with E-state index in [1.54, 1.807) is 12.1 Å². The molecule has 0 aliphatic carbocycles. The maximum absolute atomic E-state index is 11.8. The Labute approximate surface area is 143 Å². The number of anilines is 1. The standard InChI is InChI=1S/C15H24N2O2.H2O4S/c1-4-16-14-9-7-13(8-10-14)15(18)19-12-11-17(5-2)6-3;1-5(2,3)4/h7-10,16H,4-6,11-12H2,1-3H3;(H2,1,2,3,4). The molecule has 0 saturated carbocycles. The molecular formula is C15H26N2O6S. The second-order valence-electron chi connectivity index (χ2n) is 4.72. The third-order valence-electron chi connectivity index (χ3n) is 3.04. The molecular weight excluding hydrogens is 336 g/mol. The summed E-state index contributed by atoms with van der Waals surface area (Å²) in [4.78, 5) is 14.0. The van der Waals surface area contributed by atoms with E-state index in [1.165, 1.54) is 0 Å². The Morgan fingerprint density at radius 1 is 1.12 bits per heavy atom. The van der Waals surface area contributed by atoms with Gasteiger partial charge in [0.15, 0.2) is 0 Å². The fourth-order valence-electron chi connectivity index (χ4n) is 1.82. The second-order valence-corrected chi connectivity index (χ2v) is 5.61. The third-order valence-corrected chi connectivity index (χ3v) is 3.04. The van der Waals surface area contributed by atoms with E-state index in [-0.39, 0.29) is 5.97 Å². The molecule has 0 heterocycles. The number of nitrogens with one attached hydrogen (secondary N) is 1. The lowest BCUT2D eigenvalue weighted by Crippen LogP contribution is -2.27. The molecule has 9 heteroatoms. The first-order valence-corrected chi connectivity index (χ1v) is 9.04. The zero-order valence-electron chi connectivity index (χ0n) is 14.2. The molecule has 8 nitrogen and oxygen atoms in total. The Hall–Kier alpha value is -1.68. The fourth-order valence-corrected chi connectivity index (χ4v) is 1.82. The van der Waals surface area contributed by atoms with E-state index >= 15 is 0 Å². The topological polar surface area (TPSA) is 116 Å². The van der Waals surface area contributed by atoms with Crippen LogP contribution >= 0.6 is 0 Å². The van der Waals surface area contributed by atoms with Crippen LogP contribution in [0.2, 0.25) is 0 Å². The van der Waals surface area contributed by atoms with Gasteiger partial charge in [-0.3, -0.25) is 9.11 Å². The molecule has 0 amide bonds. The van der Waals surface area contributed by atoms with E-state index in [0.29, 0.717) is 12.2 Å². The Morgan fingerprint density at radius 3 is 2.04 bits per heavy atom. The van der Waals surface area contributed by atoms with Crippen LogP contribution in [0, 0.1) is 0 Å². The molecule has 1 aromatic rings. The number of likely N-dealkylation sites (N-methyl/N-ethyl adjacent to an activating group) is 1. The van der Waals surface area contributed by atoms with E-state index in [9.17, 15) is 4.79 Å². The van der Waals surface area contributed by atoms with Gasteiger partial charge in [0.25, 0.3) is 0 Å². The summed E-state index contributed by atoms with van der Waals surface area (Å²) < 4.78 is 36.8. The molecule has 0 spiro atoms. The highest BCUT2D eigenvalue weighted by molar-refractivity contribution is 7.79. The van der Waals surface area contributed by atoms with Crippen LogP contribution in [0.15, 0.2) is 24.3 Å². The summed E-state index contributed by atoms with van der Waals surface area (Å²) in [5, 5.41) is 3.19. The Bertz CT molecular complexity index is 562. The van der Waals surface area contributed by atoms with Crippen molar-refractivity contribution in [1.82, 2.24) is 4.90 Å². The molecule has 0 radical (unpaired) electrons. The van der Waals surface area contributed by atoms with Crippen LogP contribution in [-0.4, -0.2) is 61.2 Å². The first kappa shape index (κ1) is 22.3. The van der Waals surface area contributed by atoms with Crippen molar-refractivity contribution in [3.8, 4) is 0 Å². The molecule has 0 saturated heterocycles. The highest BCUT2D eigenvalue weighted by Crippen LogP contribution is 2.10. The molecule has 3 N–H and O–H groups in total. The van der Waals surface area contributed by atoms with Gasteiger partial charge >= 0.3 is 16.4 Å². The maximum Gasteiger partial charge on any atom is 0.394 e. The van der Waals surface area contributed by atoms with Gasteiger partial charge in [-0.1, -0.05) is 13.8 Å².